The molecule has 0 aromatic heterocycles. The van der Waals surface area contributed by atoms with Gasteiger partial charge >= 0.3 is 0 Å². The van der Waals surface area contributed by atoms with Gasteiger partial charge in [-0.15, -0.1) is 0 Å². The van der Waals surface area contributed by atoms with E-state index in [1.54, 1.807) is 0 Å². The molecule has 1 aliphatic heterocycles. The summed E-state index contributed by atoms with van der Waals surface area (Å²) in [4.78, 5) is 0. The number of halogens is 2. The Labute approximate surface area is 96.6 Å². The van der Waals surface area contributed by atoms with Gasteiger partial charge in [0.1, 0.15) is 5.75 Å². The topological polar surface area (TPSA) is 9.23 Å². The fourth-order valence-electron chi connectivity index (χ4n) is 1.52. The van der Waals surface area contributed by atoms with Gasteiger partial charge in [-0.1, -0.05) is 11.6 Å². The molecule has 0 fully saturated rings. The molecule has 0 amide bonds. The van der Waals surface area contributed by atoms with Crippen LogP contribution in [0.2, 0.25) is 5.02 Å². The average Bonchev–Trinajstić information content (AvgIpc) is 2.15. The Morgan fingerprint density at radius 3 is 3.08 bits per heavy atom. The van der Waals surface area contributed by atoms with E-state index in [9.17, 15) is 0 Å². The lowest BCUT2D eigenvalue weighted by Crippen LogP contribution is -2.10. The van der Waals surface area contributed by atoms with Crippen molar-refractivity contribution in [2.45, 2.75) is 19.8 Å². The van der Waals surface area contributed by atoms with Crippen molar-refractivity contribution < 1.29 is 4.74 Å². The maximum absolute atomic E-state index is 6.09. The summed E-state index contributed by atoms with van der Waals surface area (Å²) >= 11 is 8.39. The Kier molecular flexibility index (Phi) is 2.70. The van der Waals surface area contributed by atoms with Gasteiger partial charge in [0.25, 0.3) is 0 Å². The smallest absolute Gasteiger partial charge is 0.136 e. The molecule has 1 aliphatic rings. The van der Waals surface area contributed by atoms with Crippen LogP contribution in [0, 0.1) is 10.5 Å². The largest absolute Gasteiger partial charge is 0.492 e. The minimum absolute atomic E-state index is 0.837. The Balaban J connectivity index is 2.60. The second kappa shape index (κ2) is 3.65. The van der Waals surface area contributed by atoms with E-state index in [0.717, 1.165) is 35.8 Å². The van der Waals surface area contributed by atoms with Gasteiger partial charge in [-0.25, -0.2) is 0 Å². The molecule has 0 saturated carbocycles. The number of hydrogen-bond acceptors (Lipinski definition) is 1. The maximum atomic E-state index is 6.09. The summed E-state index contributed by atoms with van der Waals surface area (Å²) in [6.07, 6.45) is 2.19. The van der Waals surface area contributed by atoms with Crippen LogP contribution in [0.3, 0.4) is 0 Å². The highest BCUT2D eigenvalue weighted by Crippen LogP contribution is 2.36. The van der Waals surface area contributed by atoms with Gasteiger partial charge < -0.3 is 4.74 Å². The summed E-state index contributed by atoms with van der Waals surface area (Å²) in [5.74, 6) is 1.05. The van der Waals surface area contributed by atoms with Gasteiger partial charge in [0, 0.05) is 5.02 Å². The van der Waals surface area contributed by atoms with Crippen molar-refractivity contribution >= 4 is 34.2 Å². The van der Waals surface area contributed by atoms with Crippen molar-refractivity contribution in [1.82, 2.24) is 0 Å². The second-order valence-electron chi connectivity index (χ2n) is 3.24. The summed E-state index contributed by atoms with van der Waals surface area (Å²) in [5, 5.41) is 0.855. The molecule has 0 aliphatic carbocycles. The quantitative estimate of drug-likeness (QED) is 0.666. The lowest BCUT2D eigenvalue weighted by molar-refractivity contribution is 0.286. The first kappa shape index (κ1) is 9.59. The molecule has 0 bridgehead atoms. The average molecular weight is 309 g/mol. The lowest BCUT2D eigenvalue weighted by Gasteiger charge is -2.20. The molecule has 70 valence electrons. The highest BCUT2D eigenvalue weighted by atomic mass is 127. The predicted molar refractivity (Wildman–Crippen MR) is 62.7 cm³/mol. The number of aryl methyl sites for hydroxylation is 1. The molecular weight excluding hydrogens is 298 g/mol. The third-order valence-electron chi connectivity index (χ3n) is 2.32. The molecule has 1 heterocycles. The van der Waals surface area contributed by atoms with Crippen molar-refractivity contribution in [2.75, 3.05) is 6.61 Å². The molecule has 0 saturated heterocycles. The first-order valence-corrected chi connectivity index (χ1v) is 5.76. The highest BCUT2D eigenvalue weighted by Gasteiger charge is 2.16. The number of rotatable bonds is 0. The molecule has 13 heavy (non-hydrogen) atoms. The first-order valence-electron chi connectivity index (χ1n) is 4.30. The van der Waals surface area contributed by atoms with Crippen LogP contribution in [0.5, 0.6) is 5.75 Å². The second-order valence-corrected chi connectivity index (χ2v) is 4.72. The SMILES string of the molecule is Cc1c(Cl)cc2c(c1I)OCCC2. The zero-order valence-corrected chi connectivity index (χ0v) is 10.3. The summed E-state index contributed by atoms with van der Waals surface area (Å²) < 4.78 is 6.79. The van der Waals surface area contributed by atoms with Crippen molar-refractivity contribution in [2.24, 2.45) is 0 Å². The number of hydrogen-bond donors (Lipinski definition) is 0. The van der Waals surface area contributed by atoms with E-state index in [2.05, 4.69) is 22.6 Å². The molecule has 2 rings (SSSR count). The summed E-state index contributed by atoms with van der Waals surface area (Å²) in [6, 6.07) is 2.04. The molecule has 1 nitrogen and oxygen atoms in total. The molecule has 3 heteroatoms. The molecule has 0 N–H and O–H groups in total. The third kappa shape index (κ3) is 1.66. The third-order valence-corrected chi connectivity index (χ3v) is 4.01. The lowest BCUT2D eigenvalue weighted by atomic mass is 10.0. The van der Waals surface area contributed by atoms with E-state index in [1.807, 2.05) is 13.0 Å². The number of fused-ring (bicyclic) bond motifs is 1. The predicted octanol–water partition coefficient (Wildman–Crippen LogP) is 3.58. The maximum Gasteiger partial charge on any atom is 0.136 e. The standard InChI is InChI=1S/C10H10ClIO/c1-6-8(11)5-7-3-2-4-13-10(7)9(6)12/h5H,2-4H2,1H3. The minimum atomic E-state index is 0.837. The van der Waals surface area contributed by atoms with E-state index in [4.69, 9.17) is 16.3 Å². The first-order chi connectivity index (χ1) is 6.20. The van der Waals surface area contributed by atoms with Crippen molar-refractivity contribution in [3.8, 4) is 5.75 Å². The van der Waals surface area contributed by atoms with Crippen LogP contribution in [0.1, 0.15) is 17.5 Å². The van der Waals surface area contributed by atoms with E-state index >= 15 is 0 Å². The molecule has 1 aromatic rings. The van der Waals surface area contributed by atoms with Crippen LogP contribution in [-0.2, 0) is 6.42 Å². The molecule has 0 unspecified atom stereocenters. The van der Waals surface area contributed by atoms with Gasteiger partial charge in [0.05, 0.1) is 10.2 Å². The van der Waals surface area contributed by atoms with Gasteiger partial charge in [-0.05, 0) is 59.5 Å². The van der Waals surface area contributed by atoms with Crippen molar-refractivity contribution in [1.29, 1.82) is 0 Å². The van der Waals surface area contributed by atoms with Gasteiger partial charge in [-0.3, -0.25) is 0 Å². The number of ether oxygens (including phenoxy) is 1. The van der Waals surface area contributed by atoms with Gasteiger partial charge in [0.15, 0.2) is 0 Å². The van der Waals surface area contributed by atoms with Crippen LogP contribution in [-0.4, -0.2) is 6.61 Å². The van der Waals surface area contributed by atoms with Crippen molar-refractivity contribution in [3.63, 3.8) is 0 Å². The zero-order chi connectivity index (χ0) is 9.42. The summed E-state index contributed by atoms with van der Waals surface area (Å²) in [5.41, 5.74) is 2.38. The fraction of sp³-hybridized carbons (Fsp3) is 0.400. The summed E-state index contributed by atoms with van der Waals surface area (Å²) in [7, 11) is 0. The van der Waals surface area contributed by atoms with Crippen LogP contribution in [0.4, 0.5) is 0 Å². The van der Waals surface area contributed by atoms with Crippen LogP contribution < -0.4 is 4.74 Å². The van der Waals surface area contributed by atoms with Crippen LogP contribution in [0.15, 0.2) is 6.07 Å². The van der Waals surface area contributed by atoms with E-state index in [0.29, 0.717) is 0 Å². The van der Waals surface area contributed by atoms with E-state index < -0.39 is 0 Å². The van der Waals surface area contributed by atoms with E-state index in [-0.39, 0.29) is 0 Å². The Bertz CT molecular complexity index is 349. The Hall–Kier alpha value is 0.0400. The van der Waals surface area contributed by atoms with Gasteiger partial charge in [-0.2, -0.15) is 0 Å². The molecule has 0 atom stereocenters. The summed E-state index contributed by atoms with van der Waals surface area (Å²) in [6.45, 7) is 2.87. The monoisotopic (exact) mass is 308 g/mol. The highest BCUT2D eigenvalue weighted by molar-refractivity contribution is 14.1. The molecular formula is C10H10ClIO. The number of benzene rings is 1. The van der Waals surface area contributed by atoms with E-state index in [1.165, 1.54) is 9.13 Å². The van der Waals surface area contributed by atoms with Crippen LogP contribution in [0.25, 0.3) is 0 Å². The van der Waals surface area contributed by atoms with Gasteiger partial charge in [0.2, 0.25) is 0 Å². The Morgan fingerprint density at radius 2 is 2.31 bits per heavy atom. The molecule has 0 spiro atoms. The Morgan fingerprint density at radius 1 is 1.54 bits per heavy atom. The molecule has 0 radical (unpaired) electrons. The molecule has 1 aromatic carbocycles. The van der Waals surface area contributed by atoms with Crippen molar-refractivity contribution in [3.05, 3.63) is 25.8 Å². The normalized spacial score (nSPS) is 15.0. The zero-order valence-electron chi connectivity index (χ0n) is 7.36. The fourth-order valence-corrected chi connectivity index (χ4v) is 2.70. The minimum Gasteiger partial charge on any atom is -0.492 e. The van der Waals surface area contributed by atoms with Crippen LogP contribution >= 0.6 is 34.2 Å².